The number of methoxy groups -OCH3 is 1. The number of hydrogen-bond acceptors (Lipinski definition) is 3. The Bertz CT molecular complexity index is 602. The maximum absolute atomic E-state index is 6.13. The average Bonchev–Trinajstić information content (AvgIpc) is 2.47. The van der Waals surface area contributed by atoms with Gasteiger partial charge in [-0.1, -0.05) is 40.9 Å². The average molecular weight is 347 g/mol. The van der Waals surface area contributed by atoms with Gasteiger partial charge in [0, 0.05) is 38.8 Å². The molecule has 2 aromatic rings. The third kappa shape index (κ3) is 3.74. The maximum atomic E-state index is 6.13. The van der Waals surface area contributed by atoms with Crippen molar-refractivity contribution < 1.29 is 9.47 Å². The lowest BCUT2D eigenvalue weighted by Gasteiger charge is -2.16. The van der Waals surface area contributed by atoms with Crippen molar-refractivity contribution in [3.05, 3.63) is 56.5 Å². The number of benzene rings is 2. The number of nitrogens with two attached hydrogens (primary N) is 1. The van der Waals surface area contributed by atoms with E-state index in [0.29, 0.717) is 32.1 Å². The lowest BCUT2D eigenvalue weighted by atomic mass is 10.2. The van der Waals surface area contributed by atoms with Crippen LogP contribution in [0.3, 0.4) is 0 Å². The van der Waals surface area contributed by atoms with E-state index in [4.69, 9.17) is 50.0 Å². The summed E-state index contributed by atoms with van der Waals surface area (Å²) in [4.78, 5) is 0. The molecule has 0 aromatic heterocycles. The molecule has 6 heteroatoms. The molecule has 0 heterocycles. The second-order valence-electron chi connectivity index (χ2n) is 4.29. The second kappa shape index (κ2) is 7.23. The van der Waals surface area contributed by atoms with Crippen LogP contribution in [0.4, 0.5) is 0 Å². The van der Waals surface area contributed by atoms with E-state index in [1.165, 1.54) is 0 Å². The van der Waals surface area contributed by atoms with Crippen molar-refractivity contribution in [1.82, 2.24) is 0 Å². The topological polar surface area (TPSA) is 44.5 Å². The molecule has 2 N–H and O–H groups in total. The summed E-state index contributed by atoms with van der Waals surface area (Å²) in [6.07, 6.45) is 0. The zero-order valence-electron chi connectivity index (χ0n) is 11.3. The highest BCUT2D eigenvalue weighted by Crippen LogP contribution is 2.36. The molecular formula is C15H14Cl3NO2. The first kappa shape index (κ1) is 16.2. The van der Waals surface area contributed by atoms with E-state index in [2.05, 4.69) is 0 Å². The number of halogens is 3. The van der Waals surface area contributed by atoms with Crippen molar-refractivity contribution in [1.29, 1.82) is 0 Å². The van der Waals surface area contributed by atoms with Crippen molar-refractivity contribution in [2.45, 2.75) is 13.2 Å². The van der Waals surface area contributed by atoms with Crippen LogP contribution in [0.25, 0.3) is 0 Å². The van der Waals surface area contributed by atoms with E-state index in [1.807, 2.05) is 0 Å². The standard InChI is InChI=1S/C15H14Cl3NO2/c1-20-14-6-10(16)5-9(7-19)15(14)21-8-11-12(17)3-2-4-13(11)18/h2-6H,7-8,19H2,1H3. The molecule has 0 aliphatic carbocycles. The van der Waals surface area contributed by atoms with Gasteiger partial charge in [-0.25, -0.2) is 0 Å². The monoisotopic (exact) mass is 345 g/mol. The summed E-state index contributed by atoms with van der Waals surface area (Å²) in [5.74, 6) is 1.06. The van der Waals surface area contributed by atoms with E-state index in [0.717, 1.165) is 5.56 Å². The fourth-order valence-electron chi connectivity index (χ4n) is 1.90. The fourth-order valence-corrected chi connectivity index (χ4v) is 2.64. The van der Waals surface area contributed by atoms with Gasteiger partial charge in [0.1, 0.15) is 6.61 Å². The number of ether oxygens (including phenoxy) is 2. The van der Waals surface area contributed by atoms with Crippen LogP contribution in [0, 0.1) is 0 Å². The predicted octanol–water partition coefficient (Wildman–Crippen LogP) is 4.69. The third-order valence-corrected chi connectivity index (χ3v) is 3.89. The Hall–Kier alpha value is -1.13. The molecule has 112 valence electrons. The van der Waals surface area contributed by atoms with Crippen LogP contribution in [0.5, 0.6) is 11.5 Å². The zero-order chi connectivity index (χ0) is 15.4. The molecular weight excluding hydrogens is 333 g/mol. The van der Waals surface area contributed by atoms with E-state index >= 15 is 0 Å². The minimum atomic E-state index is 0.212. The normalized spacial score (nSPS) is 10.5. The first-order valence-electron chi connectivity index (χ1n) is 6.19. The highest BCUT2D eigenvalue weighted by atomic mass is 35.5. The van der Waals surface area contributed by atoms with Crippen LogP contribution in [0.2, 0.25) is 15.1 Å². The van der Waals surface area contributed by atoms with E-state index < -0.39 is 0 Å². The summed E-state index contributed by atoms with van der Waals surface area (Å²) in [5.41, 5.74) is 7.19. The van der Waals surface area contributed by atoms with Gasteiger partial charge >= 0.3 is 0 Å². The Morgan fingerprint density at radius 3 is 2.33 bits per heavy atom. The molecule has 3 nitrogen and oxygen atoms in total. The van der Waals surface area contributed by atoms with Gasteiger partial charge in [0.15, 0.2) is 11.5 Å². The molecule has 21 heavy (non-hydrogen) atoms. The molecule has 2 rings (SSSR count). The minimum Gasteiger partial charge on any atom is -0.493 e. The molecule has 0 aliphatic heterocycles. The Labute approximate surface area is 138 Å². The first-order valence-corrected chi connectivity index (χ1v) is 7.32. The van der Waals surface area contributed by atoms with Crippen LogP contribution in [0.15, 0.2) is 30.3 Å². The van der Waals surface area contributed by atoms with Gasteiger partial charge in [-0.2, -0.15) is 0 Å². The van der Waals surface area contributed by atoms with E-state index in [9.17, 15) is 0 Å². The molecule has 0 saturated carbocycles. The van der Waals surface area contributed by atoms with Gasteiger partial charge in [-0.05, 0) is 18.2 Å². The summed E-state index contributed by atoms with van der Waals surface area (Å²) in [7, 11) is 1.54. The number of rotatable bonds is 5. The first-order chi connectivity index (χ1) is 10.1. The van der Waals surface area contributed by atoms with Crippen molar-refractivity contribution in [2.75, 3.05) is 7.11 Å². The van der Waals surface area contributed by atoms with Crippen LogP contribution in [-0.4, -0.2) is 7.11 Å². The van der Waals surface area contributed by atoms with Gasteiger partial charge in [-0.15, -0.1) is 0 Å². The molecule has 0 unspecified atom stereocenters. The van der Waals surface area contributed by atoms with Gasteiger partial charge < -0.3 is 15.2 Å². The Balaban J connectivity index is 2.31. The molecule has 2 aromatic carbocycles. The largest absolute Gasteiger partial charge is 0.493 e. The molecule has 0 radical (unpaired) electrons. The minimum absolute atomic E-state index is 0.212. The molecule has 0 fully saturated rings. The van der Waals surface area contributed by atoms with Crippen LogP contribution in [-0.2, 0) is 13.2 Å². The summed E-state index contributed by atoms with van der Waals surface area (Å²) in [5, 5.41) is 1.63. The predicted molar refractivity (Wildman–Crippen MR) is 86.7 cm³/mol. The second-order valence-corrected chi connectivity index (χ2v) is 5.54. The molecule has 0 atom stereocenters. The van der Waals surface area contributed by atoms with Crippen LogP contribution in [0.1, 0.15) is 11.1 Å². The molecule has 0 amide bonds. The smallest absolute Gasteiger partial charge is 0.166 e. The molecule has 0 spiro atoms. The van der Waals surface area contributed by atoms with Crippen LogP contribution >= 0.6 is 34.8 Å². The van der Waals surface area contributed by atoms with Crippen molar-refractivity contribution >= 4 is 34.8 Å². The van der Waals surface area contributed by atoms with Crippen molar-refractivity contribution in [3.8, 4) is 11.5 Å². The quantitative estimate of drug-likeness (QED) is 0.854. The van der Waals surface area contributed by atoms with Gasteiger partial charge in [0.25, 0.3) is 0 Å². The summed E-state index contributed by atoms with van der Waals surface area (Å²) in [6.45, 7) is 0.492. The van der Waals surface area contributed by atoms with Crippen molar-refractivity contribution in [3.63, 3.8) is 0 Å². The van der Waals surface area contributed by atoms with Crippen molar-refractivity contribution in [2.24, 2.45) is 5.73 Å². The molecule has 0 bridgehead atoms. The van der Waals surface area contributed by atoms with Crippen LogP contribution < -0.4 is 15.2 Å². The molecule has 0 saturated heterocycles. The Kier molecular flexibility index (Phi) is 5.59. The number of hydrogen-bond donors (Lipinski definition) is 1. The lowest BCUT2D eigenvalue weighted by molar-refractivity contribution is 0.281. The van der Waals surface area contributed by atoms with Gasteiger partial charge in [-0.3, -0.25) is 0 Å². The maximum Gasteiger partial charge on any atom is 0.166 e. The zero-order valence-corrected chi connectivity index (χ0v) is 13.6. The van der Waals surface area contributed by atoms with E-state index in [1.54, 1.807) is 37.4 Å². The Morgan fingerprint density at radius 1 is 1.10 bits per heavy atom. The fraction of sp³-hybridized carbons (Fsp3) is 0.200. The summed E-state index contributed by atoms with van der Waals surface area (Å²) in [6, 6.07) is 8.71. The highest BCUT2D eigenvalue weighted by molar-refractivity contribution is 6.36. The third-order valence-electron chi connectivity index (χ3n) is 2.96. The highest BCUT2D eigenvalue weighted by Gasteiger charge is 2.14. The summed E-state index contributed by atoms with van der Waals surface area (Å²) >= 11 is 18.3. The Morgan fingerprint density at radius 2 is 1.76 bits per heavy atom. The summed E-state index contributed by atoms with van der Waals surface area (Å²) < 4.78 is 11.1. The van der Waals surface area contributed by atoms with Gasteiger partial charge in [0.05, 0.1) is 7.11 Å². The van der Waals surface area contributed by atoms with Gasteiger partial charge in [0.2, 0.25) is 0 Å². The SMILES string of the molecule is COc1cc(Cl)cc(CN)c1OCc1c(Cl)cccc1Cl. The lowest BCUT2D eigenvalue weighted by Crippen LogP contribution is -2.05. The molecule has 0 aliphatic rings. The van der Waals surface area contributed by atoms with E-state index in [-0.39, 0.29) is 13.2 Å².